The van der Waals surface area contributed by atoms with E-state index in [2.05, 4.69) is 9.97 Å². The van der Waals surface area contributed by atoms with Gasteiger partial charge in [0, 0.05) is 44.5 Å². The van der Waals surface area contributed by atoms with E-state index in [0.717, 1.165) is 18.4 Å². The molecular weight excluding hydrogens is 368 g/mol. The highest BCUT2D eigenvalue weighted by Gasteiger charge is 2.30. The number of hydrogen-bond donors (Lipinski definition) is 1. The highest BCUT2D eigenvalue weighted by molar-refractivity contribution is 5.77. The summed E-state index contributed by atoms with van der Waals surface area (Å²) in [5, 5.41) is 0. The molecule has 152 valence electrons. The average molecular weight is 394 g/mol. The summed E-state index contributed by atoms with van der Waals surface area (Å²) < 4.78 is 0. The van der Waals surface area contributed by atoms with Gasteiger partial charge in [-0.2, -0.15) is 0 Å². The first-order chi connectivity index (χ1) is 14.0. The second-order valence-electron chi connectivity index (χ2n) is 7.88. The van der Waals surface area contributed by atoms with E-state index in [1.165, 1.54) is 6.92 Å². The van der Waals surface area contributed by atoms with Gasteiger partial charge in [-0.1, -0.05) is 30.3 Å². The fraction of sp³-hybridized carbons (Fsp3) is 0.455. The van der Waals surface area contributed by atoms with Gasteiger partial charge >= 0.3 is 0 Å². The Morgan fingerprint density at radius 2 is 1.97 bits per heavy atom. The molecular formula is C22H26N4O3. The molecule has 3 heterocycles. The van der Waals surface area contributed by atoms with Crippen molar-refractivity contribution in [3.63, 3.8) is 0 Å². The Hall–Kier alpha value is -2.96. The highest BCUT2D eigenvalue weighted by atomic mass is 16.2. The van der Waals surface area contributed by atoms with E-state index in [9.17, 15) is 14.4 Å². The van der Waals surface area contributed by atoms with Crippen molar-refractivity contribution in [3.8, 4) is 0 Å². The lowest BCUT2D eigenvalue weighted by atomic mass is 10.0. The lowest BCUT2D eigenvalue weighted by Crippen LogP contribution is -2.38. The van der Waals surface area contributed by atoms with Crippen molar-refractivity contribution in [2.24, 2.45) is 0 Å². The number of likely N-dealkylation sites (tertiary alicyclic amines) is 1. The van der Waals surface area contributed by atoms with Gasteiger partial charge < -0.3 is 14.8 Å². The minimum absolute atomic E-state index is 0.00432. The number of aromatic nitrogens is 2. The first-order valence-electron chi connectivity index (χ1n) is 10.2. The summed E-state index contributed by atoms with van der Waals surface area (Å²) in [6, 6.07) is 10.0. The Morgan fingerprint density at radius 3 is 2.72 bits per heavy atom. The molecule has 2 aliphatic rings. The van der Waals surface area contributed by atoms with Crippen LogP contribution in [0.15, 0.2) is 35.1 Å². The van der Waals surface area contributed by atoms with Gasteiger partial charge in [-0.25, -0.2) is 4.98 Å². The molecule has 2 aliphatic heterocycles. The number of fused-ring (bicyclic) bond motifs is 1. The Kier molecular flexibility index (Phi) is 5.47. The van der Waals surface area contributed by atoms with Crippen LogP contribution in [-0.2, 0) is 29.0 Å². The van der Waals surface area contributed by atoms with Crippen molar-refractivity contribution in [2.45, 2.75) is 45.1 Å². The normalized spacial score (nSPS) is 18.6. The molecule has 1 saturated heterocycles. The maximum atomic E-state index is 12.6. The van der Waals surface area contributed by atoms with E-state index in [0.29, 0.717) is 56.1 Å². The van der Waals surface area contributed by atoms with Crippen molar-refractivity contribution < 1.29 is 9.59 Å². The Labute approximate surface area is 169 Å². The summed E-state index contributed by atoms with van der Waals surface area (Å²) in [4.78, 5) is 48.0. The predicted octanol–water partition coefficient (Wildman–Crippen LogP) is 1.62. The van der Waals surface area contributed by atoms with Crippen molar-refractivity contribution in [1.82, 2.24) is 19.8 Å². The Balaban J connectivity index is 1.42. The first-order valence-corrected chi connectivity index (χ1v) is 10.2. The number of aromatic amines is 1. The number of rotatable bonds is 4. The molecule has 1 N–H and O–H groups in total. The molecule has 0 aliphatic carbocycles. The number of amides is 2. The van der Waals surface area contributed by atoms with E-state index in [4.69, 9.17) is 0 Å². The van der Waals surface area contributed by atoms with Crippen LogP contribution in [0.25, 0.3) is 0 Å². The van der Waals surface area contributed by atoms with Gasteiger partial charge in [-0.05, 0) is 24.8 Å². The minimum atomic E-state index is -0.109. The van der Waals surface area contributed by atoms with E-state index < -0.39 is 0 Å². The summed E-state index contributed by atoms with van der Waals surface area (Å²) in [7, 11) is 0. The third kappa shape index (κ3) is 4.23. The molecule has 1 aromatic carbocycles. The smallest absolute Gasteiger partial charge is 0.254 e. The zero-order valence-corrected chi connectivity index (χ0v) is 16.7. The number of carbonyl (C=O) groups excluding carboxylic acids is 2. The molecule has 1 atom stereocenters. The van der Waals surface area contributed by atoms with Crippen LogP contribution in [0.1, 0.15) is 48.3 Å². The number of aryl methyl sites for hydroxylation is 1. The largest absolute Gasteiger partial charge is 0.342 e. The lowest BCUT2D eigenvalue weighted by Gasteiger charge is -2.27. The fourth-order valence-electron chi connectivity index (χ4n) is 4.19. The molecule has 0 unspecified atom stereocenters. The molecule has 0 saturated carbocycles. The third-order valence-electron chi connectivity index (χ3n) is 5.94. The summed E-state index contributed by atoms with van der Waals surface area (Å²) in [6.07, 6.45) is 2.54. The number of carbonyl (C=O) groups is 2. The Bertz CT molecular complexity index is 970. The summed E-state index contributed by atoms with van der Waals surface area (Å²) >= 11 is 0. The van der Waals surface area contributed by atoms with Crippen LogP contribution in [0.5, 0.6) is 0 Å². The number of nitrogens with one attached hydrogen (secondary N) is 1. The molecule has 4 rings (SSSR count). The van der Waals surface area contributed by atoms with Gasteiger partial charge in [-0.3, -0.25) is 14.4 Å². The molecule has 0 spiro atoms. The number of benzene rings is 1. The number of H-pyrrole nitrogens is 1. The van der Waals surface area contributed by atoms with Crippen LogP contribution in [0.3, 0.4) is 0 Å². The van der Waals surface area contributed by atoms with Crippen molar-refractivity contribution in [2.75, 3.05) is 19.6 Å². The highest BCUT2D eigenvalue weighted by Crippen LogP contribution is 2.26. The van der Waals surface area contributed by atoms with E-state index in [1.54, 1.807) is 4.90 Å². The molecule has 0 bridgehead atoms. The molecule has 7 nitrogen and oxygen atoms in total. The first kappa shape index (κ1) is 19.4. The summed E-state index contributed by atoms with van der Waals surface area (Å²) in [5.74, 6) is 0.800. The molecule has 1 aromatic heterocycles. The number of hydrogen-bond acceptors (Lipinski definition) is 4. The topological polar surface area (TPSA) is 86.4 Å². The Morgan fingerprint density at radius 1 is 1.17 bits per heavy atom. The minimum Gasteiger partial charge on any atom is -0.342 e. The average Bonchev–Trinajstić information content (AvgIpc) is 3.22. The van der Waals surface area contributed by atoms with E-state index in [-0.39, 0.29) is 23.3 Å². The van der Waals surface area contributed by atoms with Gasteiger partial charge in [0.1, 0.15) is 5.82 Å². The van der Waals surface area contributed by atoms with Crippen molar-refractivity contribution in [3.05, 3.63) is 63.3 Å². The third-order valence-corrected chi connectivity index (χ3v) is 5.94. The van der Waals surface area contributed by atoms with Gasteiger partial charge in [-0.15, -0.1) is 0 Å². The van der Waals surface area contributed by atoms with Gasteiger partial charge in [0.2, 0.25) is 11.8 Å². The second-order valence-corrected chi connectivity index (χ2v) is 7.88. The zero-order valence-electron chi connectivity index (χ0n) is 16.7. The predicted molar refractivity (Wildman–Crippen MR) is 108 cm³/mol. The molecule has 0 radical (unpaired) electrons. The fourth-order valence-corrected chi connectivity index (χ4v) is 4.19. The van der Waals surface area contributed by atoms with E-state index >= 15 is 0 Å². The van der Waals surface area contributed by atoms with Gasteiger partial charge in [0.15, 0.2) is 0 Å². The van der Waals surface area contributed by atoms with Gasteiger partial charge in [0.25, 0.3) is 5.56 Å². The summed E-state index contributed by atoms with van der Waals surface area (Å²) in [6.45, 7) is 3.73. The molecule has 2 aromatic rings. The quantitative estimate of drug-likeness (QED) is 0.854. The second kappa shape index (κ2) is 8.19. The van der Waals surface area contributed by atoms with Crippen molar-refractivity contribution in [1.29, 1.82) is 0 Å². The maximum absolute atomic E-state index is 12.6. The molecule has 2 amide bonds. The SMILES string of the molecule is CC(=O)N1CCc2c(nc([C@@H]3CCN(C(=O)CCc4ccccc4)C3)[nH]c2=O)C1. The van der Waals surface area contributed by atoms with Crippen LogP contribution in [0.2, 0.25) is 0 Å². The maximum Gasteiger partial charge on any atom is 0.254 e. The van der Waals surface area contributed by atoms with Crippen LogP contribution >= 0.6 is 0 Å². The number of nitrogens with zero attached hydrogens (tertiary/aromatic N) is 3. The van der Waals surface area contributed by atoms with Gasteiger partial charge in [0.05, 0.1) is 12.2 Å². The van der Waals surface area contributed by atoms with Crippen LogP contribution in [0.4, 0.5) is 0 Å². The molecule has 7 heteroatoms. The lowest BCUT2D eigenvalue weighted by molar-refractivity contribution is -0.130. The van der Waals surface area contributed by atoms with Crippen LogP contribution < -0.4 is 5.56 Å². The zero-order chi connectivity index (χ0) is 20.4. The summed E-state index contributed by atoms with van der Waals surface area (Å²) in [5.41, 5.74) is 2.42. The van der Waals surface area contributed by atoms with E-state index in [1.807, 2.05) is 35.2 Å². The van der Waals surface area contributed by atoms with Crippen LogP contribution in [0, 0.1) is 0 Å². The monoisotopic (exact) mass is 394 g/mol. The molecule has 1 fully saturated rings. The standard InChI is InChI=1S/C22H26N4O3/c1-15(27)25-12-10-18-19(14-25)23-21(24-22(18)29)17-9-11-26(13-17)20(28)8-7-16-5-3-2-4-6-16/h2-6,17H,7-14H2,1H3,(H,23,24,29)/t17-/m1/s1. The van der Waals surface area contributed by atoms with Crippen LogP contribution in [-0.4, -0.2) is 51.2 Å². The van der Waals surface area contributed by atoms with Crippen molar-refractivity contribution >= 4 is 11.8 Å². The molecule has 29 heavy (non-hydrogen) atoms.